The van der Waals surface area contributed by atoms with Gasteiger partial charge in [-0.15, -0.1) is 0 Å². The van der Waals surface area contributed by atoms with Gasteiger partial charge in [0.1, 0.15) is 47.4 Å². The second kappa shape index (κ2) is 9.99. The number of nitrogens with zero attached hydrogens (tertiary/aromatic N) is 2. The molecular weight excluding hydrogens is 424 g/mol. The van der Waals surface area contributed by atoms with E-state index in [2.05, 4.69) is 23.6 Å². The number of hydrogen-bond acceptors (Lipinski definition) is 8. The normalized spacial score (nSPS) is 20.4. The molecule has 2 atom stereocenters. The highest BCUT2D eigenvalue weighted by Crippen LogP contribution is 2.42. The van der Waals surface area contributed by atoms with Gasteiger partial charge in [0, 0.05) is 50.9 Å². The number of ether oxygens (including phenoxy) is 2. The van der Waals surface area contributed by atoms with Crippen LogP contribution in [0.25, 0.3) is 0 Å². The second-order valence-electron chi connectivity index (χ2n) is 9.04. The molecule has 33 heavy (non-hydrogen) atoms. The Morgan fingerprint density at radius 1 is 1.09 bits per heavy atom. The highest BCUT2D eigenvalue weighted by Gasteiger charge is 2.31. The highest BCUT2D eigenvalue weighted by molar-refractivity contribution is 6.02. The third-order valence-electron chi connectivity index (χ3n) is 6.29. The number of aliphatic hydroxyl groups is 1. The van der Waals surface area contributed by atoms with Crippen LogP contribution in [-0.2, 0) is 0 Å². The lowest BCUT2D eigenvalue weighted by Gasteiger charge is -2.37. The van der Waals surface area contributed by atoms with Gasteiger partial charge in [-0.1, -0.05) is 12.1 Å². The Balaban J connectivity index is 1.37. The predicted octanol–water partition coefficient (Wildman–Crippen LogP) is 2.57. The fraction of sp³-hybridized carbons (Fsp3) is 0.480. The van der Waals surface area contributed by atoms with Crippen molar-refractivity contribution >= 4 is 5.78 Å². The number of phenols is 2. The van der Waals surface area contributed by atoms with Gasteiger partial charge in [-0.25, -0.2) is 0 Å². The summed E-state index contributed by atoms with van der Waals surface area (Å²) < 4.78 is 11.7. The van der Waals surface area contributed by atoms with Crippen LogP contribution in [0.15, 0.2) is 36.4 Å². The van der Waals surface area contributed by atoms with Crippen LogP contribution >= 0.6 is 0 Å². The number of ketones is 1. The number of Topliss-reactive ketones (excluding diaryl/α,β-unsaturated/α-hetero) is 1. The lowest BCUT2D eigenvalue weighted by Crippen LogP contribution is -2.51. The molecule has 0 spiro atoms. The lowest BCUT2D eigenvalue weighted by atomic mass is 9.95. The van der Waals surface area contributed by atoms with Crippen molar-refractivity contribution in [1.29, 1.82) is 0 Å². The monoisotopic (exact) mass is 456 g/mol. The maximum Gasteiger partial charge on any atom is 0.174 e. The smallest absolute Gasteiger partial charge is 0.174 e. The number of aromatic hydroxyl groups is 2. The van der Waals surface area contributed by atoms with E-state index in [1.54, 1.807) is 30.3 Å². The van der Waals surface area contributed by atoms with E-state index in [-0.39, 0.29) is 41.6 Å². The van der Waals surface area contributed by atoms with Crippen LogP contribution in [0.4, 0.5) is 0 Å². The van der Waals surface area contributed by atoms with E-state index >= 15 is 0 Å². The molecule has 0 aliphatic carbocycles. The zero-order valence-electron chi connectivity index (χ0n) is 19.1. The van der Waals surface area contributed by atoms with Crippen molar-refractivity contribution in [1.82, 2.24) is 9.80 Å². The first kappa shape index (κ1) is 23.4. The van der Waals surface area contributed by atoms with E-state index in [1.807, 2.05) is 0 Å². The van der Waals surface area contributed by atoms with Gasteiger partial charge in [0.2, 0.25) is 0 Å². The molecule has 0 amide bonds. The first-order chi connectivity index (χ1) is 15.8. The second-order valence-corrected chi connectivity index (χ2v) is 9.04. The molecule has 1 saturated heterocycles. The summed E-state index contributed by atoms with van der Waals surface area (Å²) in [5.74, 6) is 0.289. The van der Waals surface area contributed by atoms with Crippen molar-refractivity contribution in [2.45, 2.75) is 38.5 Å². The number of piperazine rings is 1. The number of benzene rings is 2. The maximum absolute atomic E-state index is 12.6. The molecule has 2 aromatic rings. The number of carbonyl (C=O) groups excluding carboxylic acids is 1. The zero-order valence-corrected chi connectivity index (χ0v) is 19.1. The summed E-state index contributed by atoms with van der Waals surface area (Å²) in [5.41, 5.74) is 0.895. The lowest BCUT2D eigenvalue weighted by molar-refractivity contribution is 0.0398. The Hall–Kier alpha value is -2.81. The Morgan fingerprint density at radius 2 is 1.79 bits per heavy atom. The van der Waals surface area contributed by atoms with Gasteiger partial charge in [0.15, 0.2) is 5.78 Å². The summed E-state index contributed by atoms with van der Waals surface area (Å²) >= 11 is 0. The molecule has 2 aromatic carbocycles. The minimum Gasteiger partial charge on any atom is -0.508 e. The van der Waals surface area contributed by atoms with Crippen LogP contribution in [0.1, 0.15) is 42.3 Å². The van der Waals surface area contributed by atoms with Crippen molar-refractivity contribution in [2.75, 3.05) is 39.3 Å². The van der Waals surface area contributed by atoms with Crippen molar-refractivity contribution < 1.29 is 29.6 Å². The molecule has 0 aromatic heterocycles. The Kier molecular flexibility index (Phi) is 7.07. The fourth-order valence-corrected chi connectivity index (χ4v) is 4.38. The molecule has 1 fully saturated rings. The molecule has 4 rings (SSSR count). The van der Waals surface area contributed by atoms with E-state index in [9.17, 15) is 20.1 Å². The summed E-state index contributed by atoms with van der Waals surface area (Å²) in [5, 5.41) is 30.4. The third-order valence-corrected chi connectivity index (χ3v) is 6.29. The third kappa shape index (κ3) is 5.58. The average Bonchev–Trinajstić information content (AvgIpc) is 2.78. The van der Waals surface area contributed by atoms with E-state index in [4.69, 9.17) is 9.47 Å². The topological polar surface area (TPSA) is 103 Å². The van der Waals surface area contributed by atoms with Gasteiger partial charge in [-0.3, -0.25) is 14.6 Å². The van der Waals surface area contributed by atoms with Gasteiger partial charge < -0.3 is 24.8 Å². The van der Waals surface area contributed by atoms with Gasteiger partial charge >= 0.3 is 0 Å². The SMILES string of the molecule is CC(C)N1CCN(CC(O)COc2cc(O)c3c(c2)OC(c2ccc(O)cc2)CC3=O)CC1. The molecule has 8 heteroatoms. The largest absolute Gasteiger partial charge is 0.508 e. The average molecular weight is 457 g/mol. The summed E-state index contributed by atoms with van der Waals surface area (Å²) in [6.45, 7) is 8.74. The Bertz CT molecular complexity index is 970. The first-order valence-corrected chi connectivity index (χ1v) is 11.4. The number of phenolic OH excluding ortho intramolecular Hbond substituents is 2. The molecule has 2 aliphatic heterocycles. The van der Waals surface area contributed by atoms with Crippen LogP contribution in [0.2, 0.25) is 0 Å². The van der Waals surface area contributed by atoms with E-state index < -0.39 is 12.2 Å². The minimum atomic E-state index is -0.680. The maximum atomic E-state index is 12.6. The molecule has 0 radical (unpaired) electrons. The van der Waals surface area contributed by atoms with Crippen molar-refractivity contribution in [3.05, 3.63) is 47.5 Å². The first-order valence-electron chi connectivity index (χ1n) is 11.4. The van der Waals surface area contributed by atoms with Gasteiger partial charge in [-0.05, 0) is 31.5 Å². The summed E-state index contributed by atoms with van der Waals surface area (Å²) in [7, 11) is 0. The highest BCUT2D eigenvalue weighted by atomic mass is 16.5. The standard InChI is InChI=1S/C25H32N2O6/c1-16(2)27-9-7-26(8-10-27)14-19(29)15-32-20-11-21(30)25-22(31)13-23(33-24(25)12-20)17-3-5-18(28)6-4-17/h3-6,11-12,16,19,23,28-30H,7-10,13-15H2,1-2H3. The minimum absolute atomic E-state index is 0.0674. The van der Waals surface area contributed by atoms with Crippen LogP contribution in [-0.4, -0.2) is 82.4 Å². The predicted molar refractivity (Wildman–Crippen MR) is 123 cm³/mol. The number of β-amino-alcohol motifs (C(OH)–C–C–N with tert-alkyl or cyclic N) is 1. The molecule has 2 unspecified atom stereocenters. The van der Waals surface area contributed by atoms with Gasteiger partial charge in [0.05, 0.1) is 6.42 Å². The molecule has 178 valence electrons. The molecule has 0 bridgehead atoms. The molecule has 3 N–H and O–H groups in total. The number of rotatable bonds is 7. The van der Waals surface area contributed by atoms with Crippen molar-refractivity contribution in [3.63, 3.8) is 0 Å². The fourth-order valence-electron chi connectivity index (χ4n) is 4.38. The zero-order chi connectivity index (χ0) is 23.5. The number of hydrogen-bond donors (Lipinski definition) is 3. The Labute approximate surface area is 194 Å². The molecule has 2 aliphatic rings. The van der Waals surface area contributed by atoms with E-state index in [0.717, 1.165) is 31.7 Å². The number of carbonyl (C=O) groups is 1. The summed E-state index contributed by atoms with van der Waals surface area (Å²) in [6, 6.07) is 9.98. The summed E-state index contributed by atoms with van der Waals surface area (Å²) in [6.07, 6.45) is -1.11. The van der Waals surface area contributed by atoms with E-state index in [1.165, 1.54) is 6.07 Å². The van der Waals surface area contributed by atoms with E-state index in [0.29, 0.717) is 18.3 Å². The molecule has 0 saturated carbocycles. The van der Waals surface area contributed by atoms with Gasteiger partial charge in [0.25, 0.3) is 0 Å². The van der Waals surface area contributed by atoms with Crippen LogP contribution in [0, 0.1) is 0 Å². The molecule has 8 nitrogen and oxygen atoms in total. The molecule has 2 heterocycles. The van der Waals surface area contributed by atoms with Crippen molar-refractivity contribution in [3.8, 4) is 23.0 Å². The van der Waals surface area contributed by atoms with Crippen LogP contribution in [0.5, 0.6) is 23.0 Å². The number of aliphatic hydroxyl groups excluding tert-OH is 1. The Morgan fingerprint density at radius 3 is 2.45 bits per heavy atom. The number of fused-ring (bicyclic) bond motifs is 1. The van der Waals surface area contributed by atoms with Crippen LogP contribution < -0.4 is 9.47 Å². The van der Waals surface area contributed by atoms with Crippen molar-refractivity contribution in [2.24, 2.45) is 0 Å². The van der Waals surface area contributed by atoms with Crippen LogP contribution in [0.3, 0.4) is 0 Å². The summed E-state index contributed by atoms with van der Waals surface area (Å²) in [4.78, 5) is 17.3. The van der Waals surface area contributed by atoms with Gasteiger partial charge in [-0.2, -0.15) is 0 Å². The molecular formula is C25H32N2O6. The quantitative estimate of drug-likeness (QED) is 0.584.